The molecule has 148 valence electrons. The van der Waals surface area contributed by atoms with Gasteiger partial charge in [0.25, 0.3) is 0 Å². The fourth-order valence-corrected chi connectivity index (χ4v) is 1.61. The summed E-state index contributed by atoms with van der Waals surface area (Å²) >= 11 is 0. The number of rotatable bonds is 5. The first-order chi connectivity index (χ1) is 11.5. The zero-order valence-corrected chi connectivity index (χ0v) is 17.0. The molecule has 0 aliphatic heterocycles. The van der Waals surface area contributed by atoms with E-state index in [2.05, 4.69) is 18.5 Å². The summed E-state index contributed by atoms with van der Waals surface area (Å²) in [6, 6.07) is 0.361. The van der Waals surface area contributed by atoms with Crippen molar-refractivity contribution in [1.29, 1.82) is 0 Å². The number of amides is 1. The van der Waals surface area contributed by atoms with Crippen LogP contribution in [0.4, 0.5) is 9.18 Å². The van der Waals surface area contributed by atoms with Crippen LogP contribution >= 0.6 is 0 Å². The monoisotopic (exact) mass is 359 g/mol. The van der Waals surface area contributed by atoms with Gasteiger partial charge in [0.2, 0.25) is 0 Å². The summed E-state index contributed by atoms with van der Waals surface area (Å²) in [6.45, 7) is 20.4. The zero-order valence-electron chi connectivity index (χ0n) is 17.0. The zero-order chi connectivity index (χ0) is 20.0. The largest absolute Gasteiger partial charge is 0.494 e. The Morgan fingerprint density at radius 2 is 1.84 bits per heavy atom. The molecule has 1 saturated carbocycles. The fourth-order valence-electron chi connectivity index (χ4n) is 1.61. The lowest BCUT2D eigenvalue weighted by molar-refractivity contribution is 0.0480. The van der Waals surface area contributed by atoms with Gasteiger partial charge in [-0.15, -0.1) is 0 Å². The molecule has 25 heavy (non-hydrogen) atoms. The van der Waals surface area contributed by atoms with Gasteiger partial charge in [0.05, 0.1) is 6.61 Å². The predicted molar refractivity (Wildman–Crippen MR) is 105 cm³/mol. The van der Waals surface area contributed by atoms with E-state index in [4.69, 9.17) is 9.47 Å². The fraction of sp³-hybridized carbons (Fsp3) is 0.650. The lowest BCUT2D eigenvalue weighted by Gasteiger charge is -2.28. The minimum atomic E-state index is -0.517. The third kappa shape index (κ3) is 15.5. The molecule has 4 nitrogen and oxygen atoms in total. The molecule has 1 rings (SSSR count). The second-order valence-corrected chi connectivity index (χ2v) is 6.44. The van der Waals surface area contributed by atoms with Gasteiger partial charge < -0.3 is 14.8 Å². The van der Waals surface area contributed by atoms with E-state index < -0.39 is 5.83 Å². The highest BCUT2D eigenvalue weighted by atomic mass is 19.1. The van der Waals surface area contributed by atoms with Crippen LogP contribution in [0.5, 0.6) is 0 Å². The van der Waals surface area contributed by atoms with Crippen molar-refractivity contribution in [1.82, 2.24) is 5.32 Å². The molecule has 0 atom stereocenters. The van der Waals surface area contributed by atoms with E-state index in [0.717, 1.165) is 12.8 Å². The summed E-state index contributed by atoms with van der Waals surface area (Å²) in [4.78, 5) is 11.1. The van der Waals surface area contributed by atoms with Crippen LogP contribution in [0.15, 0.2) is 36.4 Å². The van der Waals surface area contributed by atoms with Gasteiger partial charge >= 0.3 is 6.09 Å². The number of carbonyl (C=O) groups is 1. The third-order valence-corrected chi connectivity index (χ3v) is 2.83. The number of alkyl carbamates (subject to hydrolysis) is 1. The molecule has 5 heteroatoms. The summed E-state index contributed by atoms with van der Waals surface area (Å²) in [7, 11) is 0. The quantitative estimate of drug-likeness (QED) is 0.463. The lowest BCUT2D eigenvalue weighted by Crippen LogP contribution is -2.42. The normalized spacial score (nSPS) is 13.8. The third-order valence-electron chi connectivity index (χ3n) is 2.83. The Balaban J connectivity index is -0.000000360. The van der Waals surface area contributed by atoms with Gasteiger partial charge in [-0.1, -0.05) is 27.0 Å². The van der Waals surface area contributed by atoms with Crippen molar-refractivity contribution in [3.63, 3.8) is 0 Å². The van der Waals surface area contributed by atoms with Crippen LogP contribution in [-0.2, 0) is 9.47 Å². The van der Waals surface area contributed by atoms with Crippen molar-refractivity contribution >= 4 is 6.09 Å². The van der Waals surface area contributed by atoms with Gasteiger partial charge in [0.15, 0.2) is 0 Å². The van der Waals surface area contributed by atoms with E-state index in [9.17, 15) is 9.18 Å². The molecule has 1 aliphatic rings. The number of nitrogens with one attached hydrogen (secondary N) is 1. The number of hydrogen-bond donors (Lipinski definition) is 1. The molecule has 1 amide bonds. The Morgan fingerprint density at radius 1 is 1.32 bits per heavy atom. The Kier molecular flexibility index (Phi) is 13.8. The maximum Gasteiger partial charge on any atom is 0.407 e. The van der Waals surface area contributed by atoms with Gasteiger partial charge in [-0.2, -0.15) is 0 Å². The number of ether oxygens (including phenoxy) is 2. The van der Waals surface area contributed by atoms with E-state index in [1.165, 1.54) is 12.5 Å². The molecule has 1 aliphatic carbocycles. The molecule has 0 bridgehead atoms. The molecular formula is C20H38FNO3. The maximum absolute atomic E-state index is 12.2. The molecule has 0 heterocycles. The number of hydrogen-bond acceptors (Lipinski definition) is 3. The van der Waals surface area contributed by atoms with Gasteiger partial charge in [0, 0.05) is 13.5 Å². The Morgan fingerprint density at radius 3 is 2.12 bits per heavy atom. The lowest BCUT2D eigenvalue weighted by atomic mass is 9.93. The molecule has 1 N–H and O–H groups in total. The smallest absolute Gasteiger partial charge is 0.407 e. The SMILES string of the molecule is C=C(F)/C=C(/OCC)C(=C)C.CC.CC(C)(C)OC(=O)NC1CCC1.[HH]. The van der Waals surface area contributed by atoms with Crippen LogP contribution in [0.1, 0.15) is 69.2 Å². The second kappa shape index (κ2) is 13.5. The molecule has 0 aromatic heterocycles. The summed E-state index contributed by atoms with van der Waals surface area (Å²) in [6.07, 6.45) is 4.36. The van der Waals surface area contributed by atoms with Gasteiger partial charge in [0.1, 0.15) is 17.2 Å². The first kappa shape index (κ1) is 25.5. The number of allylic oxidation sites excluding steroid dienone is 3. The molecule has 1 fully saturated rings. The summed E-state index contributed by atoms with van der Waals surface area (Å²) in [5.74, 6) is -0.0588. The van der Waals surface area contributed by atoms with E-state index in [-0.39, 0.29) is 13.1 Å². The maximum atomic E-state index is 12.2. The Bertz CT molecular complexity index is 452. The van der Waals surface area contributed by atoms with Crippen LogP contribution in [0.2, 0.25) is 0 Å². The summed E-state index contributed by atoms with van der Waals surface area (Å²) in [5.41, 5.74) is 0.319. The molecule has 0 spiro atoms. The van der Waals surface area contributed by atoms with Gasteiger partial charge in [-0.05, 0) is 59.5 Å². The van der Waals surface area contributed by atoms with E-state index in [1.807, 2.05) is 41.5 Å². The van der Waals surface area contributed by atoms with Crippen molar-refractivity contribution < 1.29 is 20.1 Å². The van der Waals surface area contributed by atoms with Crippen molar-refractivity contribution in [3.8, 4) is 0 Å². The van der Waals surface area contributed by atoms with Crippen LogP contribution in [0.3, 0.4) is 0 Å². The van der Waals surface area contributed by atoms with Crippen LogP contribution in [-0.4, -0.2) is 24.3 Å². The highest BCUT2D eigenvalue weighted by molar-refractivity contribution is 5.68. The summed E-state index contributed by atoms with van der Waals surface area (Å²) < 4.78 is 22.4. The molecule has 0 aromatic rings. The number of halogens is 1. The van der Waals surface area contributed by atoms with E-state index >= 15 is 0 Å². The highest BCUT2D eigenvalue weighted by Crippen LogP contribution is 2.18. The molecule has 0 aromatic carbocycles. The van der Waals surface area contributed by atoms with Crippen LogP contribution in [0.25, 0.3) is 0 Å². The Labute approximate surface area is 154 Å². The first-order valence-electron chi connectivity index (χ1n) is 8.89. The van der Waals surface area contributed by atoms with Crippen molar-refractivity contribution in [2.24, 2.45) is 0 Å². The Hall–Kier alpha value is -1.78. The van der Waals surface area contributed by atoms with Gasteiger partial charge in [-0.3, -0.25) is 0 Å². The first-order valence-corrected chi connectivity index (χ1v) is 8.89. The topological polar surface area (TPSA) is 47.6 Å². The standard InChI is InChI=1S/C9H13FO.C9H17NO2.C2H6.H2/c1-5-11-9(7(2)3)6-8(4)10;1-9(2,3)12-8(11)10-7-5-4-6-7;1-2;/h6H,2,4-5H2,1,3H3;7H,4-6H2,1-3H3,(H,10,11);1-2H3;1H/b9-6+;;;. The minimum Gasteiger partial charge on any atom is -0.494 e. The average Bonchev–Trinajstić information content (AvgIpc) is 2.43. The van der Waals surface area contributed by atoms with Crippen molar-refractivity contribution in [3.05, 3.63) is 36.4 Å². The second-order valence-electron chi connectivity index (χ2n) is 6.44. The summed E-state index contributed by atoms with van der Waals surface area (Å²) in [5, 5.41) is 2.81. The number of carbonyl (C=O) groups excluding carboxylic acids is 1. The van der Waals surface area contributed by atoms with Crippen LogP contribution in [0, 0.1) is 0 Å². The van der Waals surface area contributed by atoms with Gasteiger partial charge in [-0.25, -0.2) is 9.18 Å². The van der Waals surface area contributed by atoms with Crippen LogP contribution < -0.4 is 5.32 Å². The average molecular weight is 360 g/mol. The molecule has 0 saturated heterocycles. The predicted octanol–water partition coefficient (Wildman–Crippen LogP) is 6.30. The molecule has 0 unspecified atom stereocenters. The van der Waals surface area contributed by atoms with E-state index in [0.29, 0.717) is 24.0 Å². The van der Waals surface area contributed by atoms with Crippen molar-refractivity contribution in [2.45, 2.75) is 79.4 Å². The minimum absolute atomic E-state index is 0. The molecular weight excluding hydrogens is 321 g/mol. The van der Waals surface area contributed by atoms with Crippen molar-refractivity contribution in [2.75, 3.05) is 6.61 Å². The molecule has 0 radical (unpaired) electrons. The van der Waals surface area contributed by atoms with E-state index in [1.54, 1.807) is 6.92 Å². The highest BCUT2D eigenvalue weighted by Gasteiger charge is 2.22.